The van der Waals surface area contributed by atoms with Crippen LogP contribution in [0.15, 0.2) is 77.4 Å². The van der Waals surface area contributed by atoms with Crippen molar-refractivity contribution in [1.82, 2.24) is 10.2 Å². The van der Waals surface area contributed by atoms with Crippen molar-refractivity contribution in [2.24, 2.45) is 0 Å². The summed E-state index contributed by atoms with van der Waals surface area (Å²) in [7, 11) is 0. The van der Waals surface area contributed by atoms with E-state index in [1.807, 2.05) is 23.1 Å². The summed E-state index contributed by atoms with van der Waals surface area (Å²) < 4.78 is 5.25. The molecule has 1 saturated heterocycles. The van der Waals surface area contributed by atoms with Gasteiger partial charge in [-0.2, -0.15) is 0 Å². The number of hydrogen-bond acceptors (Lipinski definition) is 5. The number of hydrogen-bond donors (Lipinski definition) is 3. The molecular weight excluding hydrogens is 420 g/mol. The molecule has 1 unspecified atom stereocenters. The molecule has 33 heavy (non-hydrogen) atoms. The van der Waals surface area contributed by atoms with Gasteiger partial charge in [-0.15, -0.1) is 0 Å². The van der Waals surface area contributed by atoms with E-state index in [9.17, 15) is 14.4 Å². The van der Waals surface area contributed by atoms with E-state index < -0.39 is 0 Å². The number of nitrogens with zero attached hydrogens (tertiary/aromatic N) is 1. The average Bonchev–Trinajstić information content (AvgIpc) is 3.51. The Morgan fingerprint density at radius 3 is 2.52 bits per heavy atom. The van der Waals surface area contributed by atoms with Crippen LogP contribution in [-0.4, -0.2) is 41.8 Å². The molecule has 3 aromatic rings. The predicted octanol–water partition coefficient (Wildman–Crippen LogP) is 3.25. The van der Waals surface area contributed by atoms with Crippen LogP contribution < -0.4 is 16.0 Å². The number of likely N-dealkylation sites (tertiary alicyclic amines) is 1. The summed E-state index contributed by atoms with van der Waals surface area (Å²) in [6.45, 7) is 1.03. The number of benzene rings is 2. The zero-order chi connectivity index (χ0) is 23.0. The van der Waals surface area contributed by atoms with Crippen molar-refractivity contribution in [3.63, 3.8) is 0 Å². The third-order valence-electron chi connectivity index (χ3n) is 5.51. The molecule has 3 amide bonds. The summed E-state index contributed by atoms with van der Waals surface area (Å²) in [5, 5.41) is 8.53. The third-order valence-corrected chi connectivity index (χ3v) is 5.51. The van der Waals surface area contributed by atoms with Gasteiger partial charge in [-0.05, 0) is 55.8 Å². The average molecular weight is 447 g/mol. The Bertz CT molecular complexity index is 1100. The maximum atomic E-state index is 12.8. The minimum Gasteiger partial charge on any atom is -0.467 e. The molecule has 1 atom stereocenters. The molecule has 3 N–H and O–H groups in total. The van der Waals surface area contributed by atoms with Crippen LogP contribution in [0.3, 0.4) is 0 Å². The second-order valence-corrected chi connectivity index (χ2v) is 7.84. The Balaban J connectivity index is 1.35. The van der Waals surface area contributed by atoms with Crippen molar-refractivity contribution in [1.29, 1.82) is 0 Å². The first-order valence-electron chi connectivity index (χ1n) is 10.9. The smallest absolute Gasteiger partial charge is 0.257 e. The molecule has 8 nitrogen and oxygen atoms in total. The number of para-hydroxylation sites is 2. The van der Waals surface area contributed by atoms with Gasteiger partial charge in [0.2, 0.25) is 11.8 Å². The van der Waals surface area contributed by atoms with E-state index in [0.29, 0.717) is 42.2 Å². The van der Waals surface area contributed by atoms with Crippen molar-refractivity contribution >= 4 is 29.1 Å². The molecular formula is C25H26N4O4. The molecule has 1 aliphatic rings. The fraction of sp³-hybridized carbons (Fsp3) is 0.240. The van der Waals surface area contributed by atoms with Crippen LogP contribution in [0.2, 0.25) is 0 Å². The molecule has 0 saturated carbocycles. The minimum absolute atomic E-state index is 0.0630. The van der Waals surface area contributed by atoms with Gasteiger partial charge in [0, 0.05) is 5.69 Å². The molecule has 4 rings (SSSR count). The first-order chi connectivity index (χ1) is 16.1. The van der Waals surface area contributed by atoms with Crippen LogP contribution in [0.1, 0.15) is 29.0 Å². The fourth-order valence-corrected chi connectivity index (χ4v) is 3.90. The zero-order valence-corrected chi connectivity index (χ0v) is 18.1. The lowest BCUT2D eigenvalue weighted by Gasteiger charge is -2.23. The molecule has 2 aromatic carbocycles. The lowest BCUT2D eigenvalue weighted by atomic mass is 10.1. The van der Waals surface area contributed by atoms with Crippen LogP contribution in [0, 0.1) is 0 Å². The van der Waals surface area contributed by atoms with Crippen molar-refractivity contribution < 1.29 is 18.8 Å². The van der Waals surface area contributed by atoms with E-state index in [2.05, 4.69) is 16.0 Å². The number of amides is 3. The second kappa shape index (κ2) is 10.6. The summed E-state index contributed by atoms with van der Waals surface area (Å²) in [6, 6.07) is 19.2. The molecule has 8 heteroatoms. The normalized spacial score (nSPS) is 15.7. The van der Waals surface area contributed by atoms with Crippen molar-refractivity contribution in [3.8, 4) is 0 Å². The number of carbonyl (C=O) groups is 3. The maximum Gasteiger partial charge on any atom is 0.257 e. The van der Waals surface area contributed by atoms with E-state index in [1.165, 1.54) is 0 Å². The van der Waals surface area contributed by atoms with Crippen molar-refractivity contribution in [2.75, 3.05) is 23.7 Å². The fourth-order valence-electron chi connectivity index (χ4n) is 3.90. The van der Waals surface area contributed by atoms with E-state index in [-0.39, 0.29) is 30.3 Å². The second-order valence-electron chi connectivity index (χ2n) is 7.84. The van der Waals surface area contributed by atoms with Gasteiger partial charge < -0.3 is 20.4 Å². The number of nitrogens with one attached hydrogen (secondary N) is 3. The molecule has 0 aliphatic carbocycles. The molecule has 0 bridgehead atoms. The van der Waals surface area contributed by atoms with E-state index in [0.717, 1.165) is 6.42 Å². The van der Waals surface area contributed by atoms with Gasteiger partial charge in [0.05, 0.1) is 36.6 Å². The van der Waals surface area contributed by atoms with Gasteiger partial charge in [-0.3, -0.25) is 19.3 Å². The van der Waals surface area contributed by atoms with Gasteiger partial charge in [-0.1, -0.05) is 30.3 Å². The zero-order valence-electron chi connectivity index (χ0n) is 18.1. The van der Waals surface area contributed by atoms with E-state index in [4.69, 9.17) is 4.42 Å². The van der Waals surface area contributed by atoms with Gasteiger partial charge in [0.1, 0.15) is 5.76 Å². The van der Waals surface area contributed by atoms with E-state index >= 15 is 0 Å². The van der Waals surface area contributed by atoms with Gasteiger partial charge in [0.25, 0.3) is 5.91 Å². The number of anilines is 2. The quantitative estimate of drug-likeness (QED) is 0.493. The van der Waals surface area contributed by atoms with Crippen LogP contribution in [0.5, 0.6) is 0 Å². The SMILES string of the molecule is O=C(CN1CCCC1C(=O)NCc1ccco1)Nc1ccccc1C(=O)Nc1ccccc1. The highest BCUT2D eigenvalue weighted by molar-refractivity contribution is 6.10. The van der Waals surface area contributed by atoms with Crippen LogP contribution in [-0.2, 0) is 16.1 Å². The number of rotatable bonds is 8. The Labute approximate surface area is 192 Å². The lowest BCUT2D eigenvalue weighted by Crippen LogP contribution is -2.45. The van der Waals surface area contributed by atoms with Crippen molar-refractivity contribution in [2.45, 2.75) is 25.4 Å². The van der Waals surface area contributed by atoms with Gasteiger partial charge in [-0.25, -0.2) is 0 Å². The number of carbonyl (C=O) groups excluding carboxylic acids is 3. The van der Waals surface area contributed by atoms with Crippen LogP contribution in [0.25, 0.3) is 0 Å². The summed E-state index contributed by atoms with van der Waals surface area (Å²) in [6.07, 6.45) is 3.08. The molecule has 1 fully saturated rings. The molecule has 1 aromatic heterocycles. The monoisotopic (exact) mass is 446 g/mol. The molecule has 0 spiro atoms. The summed E-state index contributed by atoms with van der Waals surface area (Å²) in [4.78, 5) is 40.0. The largest absolute Gasteiger partial charge is 0.467 e. The van der Waals surface area contributed by atoms with E-state index in [1.54, 1.807) is 54.8 Å². The summed E-state index contributed by atoms with van der Waals surface area (Å²) >= 11 is 0. The van der Waals surface area contributed by atoms with Crippen LogP contribution >= 0.6 is 0 Å². The molecule has 170 valence electrons. The summed E-state index contributed by atoms with van der Waals surface area (Å²) in [5.41, 5.74) is 1.46. The van der Waals surface area contributed by atoms with Gasteiger partial charge >= 0.3 is 0 Å². The first kappa shape index (κ1) is 22.3. The molecule has 2 heterocycles. The minimum atomic E-state index is -0.373. The highest BCUT2D eigenvalue weighted by Gasteiger charge is 2.32. The predicted molar refractivity (Wildman–Crippen MR) is 125 cm³/mol. The third kappa shape index (κ3) is 5.87. The molecule has 1 aliphatic heterocycles. The Morgan fingerprint density at radius 2 is 1.73 bits per heavy atom. The first-order valence-corrected chi connectivity index (χ1v) is 10.9. The van der Waals surface area contributed by atoms with Crippen molar-refractivity contribution in [3.05, 3.63) is 84.3 Å². The Kier molecular flexibility index (Phi) is 7.16. The maximum absolute atomic E-state index is 12.8. The summed E-state index contributed by atoms with van der Waals surface area (Å²) in [5.74, 6) is -0.0375. The highest BCUT2D eigenvalue weighted by Crippen LogP contribution is 2.20. The Hall–Kier alpha value is -3.91. The standard InChI is InChI=1S/C25H26N4O4/c30-23(17-29-14-6-13-22(29)25(32)26-16-19-10-7-15-33-19)28-21-12-5-4-11-20(21)24(31)27-18-8-2-1-3-9-18/h1-5,7-12,15,22H,6,13-14,16-17H2,(H,26,32)(H,27,31)(H,28,30). The topological polar surface area (TPSA) is 104 Å². The highest BCUT2D eigenvalue weighted by atomic mass is 16.3. The van der Waals surface area contributed by atoms with Gasteiger partial charge in [0.15, 0.2) is 0 Å². The molecule has 0 radical (unpaired) electrons. The Morgan fingerprint density at radius 1 is 0.939 bits per heavy atom. The van der Waals surface area contributed by atoms with Crippen LogP contribution in [0.4, 0.5) is 11.4 Å². The number of furan rings is 1. The lowest BCUT2D eigenvalue weighted by molar-refractivity contribution is -0.126.